The summed E-state index contributed by atoms with van der Waals surface area (Å²) in [6, 6.07) is 0. The number of hydrogen-bond acceptors (Lipinski definition) is 3. The summed E-state index contributed by atoms with van der Waals surface area (Å²) in [6.45, 7) is 8.18. The molecule has 4 nitrogen and oxygen atoms in total. The predicted molar refractivity (Wildman–Crippen MR) is 61.8 cm³/mol. The van der Waals surface area contributed by atoms with Gasteiger partial charge in [-0.05, 0) is 11.8 Å². The molecule has 0 spiro atoms. The highest BCUT2D eigenvalue weighted by Crippen LogP contribution is 2.18. The quantitative estimate of drug-likeness (QED) is 0.775. The molecule has 3 N–H and O–H groups in total. The molecule has 1 aromatic rings. The normalized spacial score (nSPS) is 11.7. The average molecular weight is 209 g/mol. The van der Waals surface area contributed by atoms with Gasteiger partial charge in [-0.3, -0.25) is 4.79 Å². The van der Waals surface area contributed by atoms with Gasteiger partial charge < -0.3 is 10.7 Å². The molecule has 1 rings (SSSR count). The van der Waals surface area contributed by atoms with Crippen LogP contribution in [0.2, 0.25) is 0 Å². The lowest BCUT2D eigenvalue weighted by Gasteiger charge is -2.17. The summed E-state index contributed by atoms with van der Waals surface area (Å²) in [5.74, 6) is 1.03. The van der Waals surface area contributed by atoms with Crippen LogP contribution in [0.3, 0.4) is 0 Å². The number of anilines is 1. The first-order chi connectivity index (χ1) is 6.83. The second-order valence-corrected chi connectivity index (χ2v) is 4.97. The van der Waals surface area contributed by atoms with Gasteiger partial charge in [0.25, 0.3) is 5.56 Å². The van der Waals surface area contributed by atoms with E-state index < -0.39 is 0 Å². The summed E-state index contributed by atoms with van der Waals surface area (Å²) in [6.07, 6.45) is 1.33. The molecular formula is C11H19N3O. The lowest BCUT2D eigenvalue weighted by Crippen LogP contribution is -2.22. The Hall–Kier alpha value is -1.32. The largest absolute Gasteiger partial charge is 0.383 e. The van der Waals surface area contributed by atoms with Gasteiger partial charge in [0.05, 0.1) is 5.56 Å². The Morgan fingerprint density at radius 2 is 2.00 bits per heavy atom. The highest BCUT2D eigenvalue weighted by molar-refractivity contribution is 5.37. The molecule has 84 valence electrons. The van der Waals surface area contributed by atoms with Crippen LogP contribution in [0.4, 0.5) is 5.82 Å². The van der Waals surface area contributed by atoms with Crippen LogP contribution in [0.25, 0.3) is 0 Å². The van der Waals surface area contributed by atoms with E-state index in [0.29, 0.717) is 23.6 Å². The Morgan fingerprint density at radius 3 is 2.40 bits per heavy atom. The van der Waals surface area contributed by atoms with E-state index in [4.69, 9.17) is 5.73 Å². The van der Waals surface area contributed by atoms with Crippen LogP contribution in [-0.2, 0) is 12.8 Å². The van der Waals surface area contributed by atoms with Crippen LogP contribution >= 0.6 is 0 Å². The van der Waals surface area contributed by atoms with Gasteiger partial charge >= 0.3 is 0 Å². The first kappa shape index (κ1) is 11.8. The summed E-state index contributed by atoms with van der Waals surface area (Å²) in [5, 5.41) is 0. The molecule has 0 aliphatic carbocycles. The molecule has 0 radical (unpaired) electrons. The summed E-state index contributed by atoms with van der Waals surface area (Å²) >= 11 is 0. The first-order valence-electron chi connectivity index (χ1n) is 5.21. The van der Waals surface area contributed by atoms with Gasteiger partial charge in [0.2, 0.25) is 0 Å². The Balaban J connectivity index is 3.10. The van der Waals surface area contributed by atoms with Crippen LogP contribution in [-0.4, -0.2) is 9.97 Å². The molecule has 0 bridgehead atoms. The molecule has 0 amide bonds. The molecule has 1 aromatic heterocycles. The number of nitrogens with zero attached hydrogens (tertiary/aromatic N) is 1. The minimum Gasteiger partial charge on any atom is -0.383 e. The number of nitrogens with two attached hydrogens (primary N) is 1. The van der Waals surface area contributed by atoms with Gasteiger partial charge in [0, 0.05) is 6.42 Å². The second-order valence-electron chi connectivity index (χ2n) is 4.97. The number of aromatic amines is 1. The summed E-state index contributed by atoms with van der Waals surface area (Å²) in [4.78, 5) is 18.6. The van der Waals surface area contributed by atoms with Crippen molar-refractivity contribution < 1.29 is 0 Å². The molecule has 15 heavy (non-hydrogen) atoms. The van der Waals surface area contributed by atoms with Crippen LogP contribution < -0.4 is 11.3 Å². The van der Waals surface area contributed by atoms with E-state index in [-0.39, 0.29) is 11.0 Å². The van der Waals surface area contributed by atoms with E-state index in [2.05, 4.69) is 30.7 Å². The van der Waals surface area contributed by atoms with E-state index in [1.165, 1.54) is 0 Å². The number of hydrogen-bond donors (Lipinski definition) is 2. The number of H-pyrrole nitrogens is 1. The summed E-state index contributed by atoms with van der Waals surface area (Å²) in [7, 11) is 0. The van der Waals surface area contributed by atoms with E-state index in [9.17, 15) is 4.79 Å². The number of aromatic nitrogens is 2. The Bertz CT molecular complexity index is 401. The number of rotatable bonds is 2. The maximum Gasteiger partial charge on any atom is 0.256 e. The number of nitrogens with one attached hydrogen (secondary N) is 1. The molecule has 0 aliphatic rings. The smallest absolute Gasteiger partial charge is 0.256 e. The van der Waals surface area contributed by atoms with Crippen LogP contribution in [0.15, 0.2) is 4.79 Å². The van der Waals surface area contributed by atoms with Crippen LogP contribution in [0.1, 0.15) is 39.1 Å². The van der Waals surface area contributed by atoms with Gasteiger partial charge in [0.1, 0.15) is 11.6 Å². The third kappa shape index (κ3) is 3.08. The highest BCUT2D eigenvalue weighted by atomic mass is 16.1. The maximum absolute atomic E-state index is 11.6. The summed E-state index contributed by atoms with van der Waals surface area (Å²) < 4.78 is 0. The van der Waals surface area contributed by atoms with Gasteiger partial charge in [-0.2, -0.15) is 0 Å². The van der Waals surface area contributed by atoms with Crippen molar-refractivity contribution in [3.63, 3.8) is 0 Å². The highest BCUT2D eigenvalue weighted by Gasteiger charge is 2.15. The van der Waals surface area contributed by atoms with E-state index >= 15 is 0 Å². The fourth-order valence-electron chi connectivity index (χ4n) is 1.49. The zero-order chi connectivity index (χ0) is 11.6. The van der Waals surface area contributed by atoms with Crippen molar-refractivity contribution in [3.8, 4) is 0 Å². The molecule has 0 saturated heterocycles. The van der Waals surface area contributed by atoms with Crippen LogP contribution in [0, 0.1) is 5.41 Å². The van der Waals surface area contributed by atoms with Crippen LogP contribution in [0.5, 0.6) is 0 Å². The molecule has 0 saturated carbocycles. The van der Waals surface area contributed by atoms with E-state index in [1.54, 1.807) is 0 Å². The molecule has 0 unspecified atom stereocenters. The fraction of sp³-hybridized carbons (Fsp3) is 0.636. The fourth-order valence-corrected chi connectivity index (χ4v) is 1.49. The van der Waals surface area contributed by atoms with Gasteiger partial charge in [0.15, 0.2) is 0 Å². The third-order valence-corrected chi connectivity index (χ3v) is 2.15. The third-order valence-electron chi connectivity index (χ3n) is 2.15. The van der Waals surface area contributed by atoms with Crippen molar-refractivity contribution in [2.75, 3.05) is 5.73 Å². The lowest BCUT2D eigenvalue weighted by atomic mass is 9.92. The van der Waals surface area contributed by atoms with Gasteiger partial charge in [-0.15, -0.1) is 0 Å². The minimum absolute atomic E-state index is 0.0934. The lowest BCUT2D eigenvalue weighted by molar-refractivity contribution is 0.400. The SMILES string of the molecule is CCc1c(N)nc(CC(C)(C)C)[nH]c1=O. The van der Waals surface area contributed by atoms with Crippen molar-refractivity contribution in [2.24, 2.45) is 5.41 Å². The molecule has 4 heteroatoms. The molecule has 1 heterocycles. The molecule has 0 aromatic carbocycles. The van der Waals surface area contributed by atoms with Gasteiger partial charge in [-0.25, -0.2) is 4.98 Å². The first-order valence-corrected chi connectivity index (χ1v) is 5.21. The maximum atomic E-state index is 11.6. The van der Waals surface area contributed by atoms with Crippen molar-refractivity contribution in [3.05, 3.63) is 21.7 Å². The number of nitrogen functional groups attached to an aromatic ring is 1. The van der Waals surface area contributed by atoms with E-state index in [1.807, 2.05) is 6.92 Å². The monoisotopic (exact) mass is 209 g/mol. The molecule has 0 fully saturated rings. The molecule has 0 atom stereocenters. The van der Waals surface area contributed by atoms with E-state index in [0.717, 1.165) is 6.42 Å². The second kappa shape index (κ2) is 4.04. The van der Waals surface area contributed by atoms with Crippen molar-refractivity contribution in [1.82, 2.24) is 9.97 Å². The van der Waals surface area contributed by atoms with Crippen molar-refractivity contribution in [2.45, 2.75) is 40.5 Å². The standard InChI is InChI=1S/C11H19N3O/c1-5-7-9(12)13-8(14-10(7)15)6-11(2,3)4/h5-6H2,1-4H3,(H3,12,13,14,15). The van der Waals surface area contributed by atoms with Gasteiger partial charge in [-0.1, -0.05) is 27.7 Å². The zero-order valence-electron chi connectivity index (χ0n) is 9.85. The zero-order valence-corrected chi connectivity index (χ0v) is 9.85. The Morgan fingerprint density at radius 1 is 1.40 bits per heavy atom. The predicted octanol–water partition coefficient (Wildman–Crippen LogP) is 1.50. The minimum atomic E-state index is -0.107. The Kier molecular flexibility index (Phi) is 3.17. The van der Waals surface area contributed by atoms with Crippen molar-refractivity contribution in [1.29, 1.82) is 0 Å². The Labute approximate surface area is 89.9 Å². The molecule has 0 aliphatic heterocycles. The average Bonchev–Trinajstić information content (AvgIpc) is 1.99. The molecular weight excluding hydrogens is 190 g/mol. The van der Waals surface area contributed by atoms with Crippen molar-refractivity contribution >= 4 is 5.82 Å². The summed E-state index contributed by atoms with van der Waals surface area (Å²) in [5.41, 5.74) is 6.28. The topological polar surface area (TPSA) is 71.8 Å².